The van der Waals surface area contributed by atoms with Crippen LogP contribution >= 0.6 is 12.4 Å². The molecule has 5 rings (SSSR count). The monoisotopic (exact) mass is 468 g/mol. The van der Waals surface area contributed by atoms with Crippen LogP contribution in [0.15, 0.2) is 36.5 Å². The Balaban J connectivity index is 0.00000259. The van der Waals surface area contributed by atoms with Crippen molar-refractivity contribution < 1.29 is 9.59 Å². The summed E-state index contributed by atoms with van der Waals surface area (Å²) in [4.78, 5) is 34.1. The number of carbonyl (C=O) groups is 2. The zero-order chi connectivity index (χ0) is 22.2. The van der Waals surface area contributed by atoms with E-state index in [4.69, 9.17) is 4.98 Å². The van der Waals surface area contributed by atoms with Crippen LogP contribution in [0.2, 0.25) is 0 Å². The first-order chi connectivity index (χ1) is 15.5. The summed E-state index contributed by atoms with van der Waals surface area (Å²) in [6, 6.07) is 9.91. The molecule has 1 aromatic carbocycles. The molecule has 3 heterocycles. The summed E-state index contributed by atoms with van der Waals surface area (Å²) >= 11 is 0. The molecule has 3 aliphatic rings. The lowest BCUT2D eigenvalue weighted by molar-refractivity contribution is -0.120. The fourth-order valence-corrected chi connectivity index (χ4v) is 5.25. The highest BCUT2D eigenvalue weighted by molar-refractivity contribution is 5.94. The largest absolute Gasteiger partial charge is 0.355 e. The zero-order valence-corrected chi connectivity index (χ0v) is 20.2. The van der Waals surface area contributed by atoms with Crippen LogP contribution in [0.4, 0.5) is 5.82 Å². The molecular formula is C26H33ClN4O2. The van der Waals surface area contributed by atoms with Crippen molar-refractivity contribution in [1.29, 1.82) is 0 Å². The molecule has 1 unspecified atom stereocenters. The molecule has 0 spiro atoms. The van der Waals surface area contributed by atoms with E-state index in [2.05, 4.69) is 36.3 Å². The fraction of sp³-hybridized carbons (Fsp3) is 0.500. The summed E-state index contributed by atoms with van der Waals surface area (Å²) in [7, 11) is 0. The van der Waals surface area contributed by atoms with E-state index in [9.17, 15) is 9.59 Å². The predicted molar refractivity (Wildman–Crippen MR) is 132 cm³/mol. The molecule has 2 amide bonds. The average molecular weight is 469 g/mol. The molecule has 6 nitrogen and oxygen atoms in total. The number of hydrogen-bond acceptors (Lipinski definition) is 4. The van der Waals surface area contributed by atoms with E-state index in [0.717, 1.165) is 24.5 Å². The van der Waals surface area contributed by atoms with Crippen molar-refractivity contribution in [2.24, 2.45) is 5.92 Å². The van der Waals surface area contributed by atoms with Crippen molar-refractivity contribution in [3.8, 4) is 0 Å². The van der Waals surface area contributed by atoms with Crippen LogP contribution in [0, 0.1) is 12.8 Å². The second-order valence-corrected chi connectivity index (χ2v) is 9.64. The number of hydrogen-bond donors (Lipinski definition) is 1. The number of pyridine rings is 1. The van der Waals surface area contributed by atoms with Crippen molar-refractivity contribution in [3.63, 3.8) is 0 Å². The second kappa shape index (κ2) is 9.72. The molecule has 2 aliphatic heterocycles. The van der Waals surface area contributed by atoms with Gasteiger partial charge in [0.05, 0.1) is 5.92 Å². The first-order valence-corrected chi connectivity index (χ1v) is 11.9. The van der Waals surface area contributed by atoms with Crippen LogP contribution in [-0.2, 0) is 4.79 Å². The summed E-state index contributed by atoms with van der Waals surface area (Å²) in [5.74, 6) is 2.05. The number of anilines is 1. The van der Waals surface area contributed by atoms with E-state index in [-0.39, 0.29) is 36.1 Å². The van der Waals surface area contributed by atoms with Gasteiger partial charge in [-0.3, -0.25) is 9.59 Å². The van der Waals surface area contributed by atoms with Crippen LogP contribution in [0.3, 0.4) is 0 Å². The van der Waals surface area contributed by atoms with Gasteiger partial charge in [0, 0.05) is 44.5 Å². The molecule has 1 N–H and O–H groups in total. The Bertz CT molecular complexity index is 1010. The highest BCUT2D eigenvalue weighted by Crippen LogP contribution is 2.37. The second-order valence-electron chi connectivity index (χ2n) is 9.64. The van der Waals surface area contributed by atoms with E-state index in [0.29, 0.717) is 31.1 Å². The lowest BCUT2D eigenvalue weighted by atomic mass is 9.80. The SMILES string of the molecule is Cc1cc(C2CCC2)cnc1N1CCN(C(=O)c2ccc([C@@H]3C(=O)NCC3C)cc2)CC1.Cl. The number of amides is 2. The fourth-order valence-electron chi connectivity index (χ4n) is 5.25. The molecule has 0 radical (unpaired) electrons. The summed E-state index contributed by atoms with van der Waals surface area (Å²) in [5, 5.41) is 2.92. The molecule has 2 atom stereocenters. The summed E-state index contributed by atoms with van der Waals surface area (Å²) in [6.07, 6.45) is 5.96. The standard InChI is InChI=1S/C26H32N4O2.ClH/c1-17-14-22(19-4-3-5-19)16-27-24(17)29-10-12-30(13-11-29)26(32)21-8-6-20(7-9-21)23-18(2)15-28-25(23)31;/h6-9,14,16,18-19,23H,3-5,10-13,15H2,1-2H3,(H,28,31);1H/t18?,23-;/m1./s1. The lowest BCUT2D eigenvalue weighted by Gasteiger charge is -2.36. The van der Waals surface area contributed by atoms with Gasteiger partial charge in [0.1, 0.15) is 5.82 Å². The highest BCUT2D eigenvalue weighted by atomic mass is 35.5. The van der Waals surface area contributed by atoms with Crippen molar-refractivity contribution in [2.75, 3.05) is 37.6 Å². The van der Waals surface area contributed by atoms with Gasteiger partial charge in [-0.05, 0) is 60.4 Å². The molecule has 2 aromatic rings. The Morgan fingerprint density at radius 1 is 1.06 bits per heavy atom. The Morgan fingerprint density at radius 2 is 1.76 bits per heavy atom. The number of aryl methyl sites for hydroxylation is 1. The Morgan fingerprint density at radius 3 is 2.30 bits per heavy atom. The smallest absolute Gasteiger partial charge is 0.253 e. The molecule has 2 saturated heterocycles. The van der Waals surface area contributed by atoms with Crippen molar-refractivity contribution >= 4 is 30.0 Å². The van der Waals surface area contributed by atoms with E-state index in [1.54, 1.807) is 0 Å². The van der Waals surface area contributed by atoms with Gasteiger partial charge in [0.25, 0.3) is 5.91 Å². The first-order valence-electron chi connectivity index (χ1n) is 11.9. The number of benzene rings is 1. The molecule has 1 saturated carbocycles. The van der Waals surface area contributed by atoms with Crippen LogP contribution in [-0.4, -0.2) is 54.4 Å². The van der Waals surface area contributed by atoms with E-state index >= 15 is 0 Å². The molecule has 0 bridgehead atoms. The van der Waals surface area contributed by atoms with E-state index in [1.807, 2.05) is 29.2 Å². The van der Waals surface area contributed by atoms with Crippen molar-refractivity contribution in [1.82, 2.24) is 15.2 Å². The lowest BCUT2D eigenvalue weighted by Crippen LogP contribution is -2.49. The minimum atomic E-state index is -0.117. The van der Waals surface area contributed by atoms with Gasteiger partial charge < -0.3 is 15.1 Å². The van der Waals surface area contributed by atoms with Gasteiger partial charge in [-0.25, -0.2) is 4.98 Å². The molecule has 33 heavy (non-hydrogen) atoms. The minimum absolute atomic E-state index is 0. The minimum Gasteiger partial charge on any atom is -0.355 e. The van der Waals surface area contributed by atoms with Crippen LogP contribution in [0.25, 0.3) is 0 Å². The number of nitrogens with one attached hydrogen (secondary N) is 1. The summed E-state index contributed by atoms with van der Waals surface area (Å²) < 4.78 is 0. The molecule has 176 valence electrons. The van der Waals surface area contributed by atoms with Crippen LogP contribution in [0.5, 0.6) is 0 Å². The number of halogens is 1. The average Bonchev–Trinajstić information content (AvgIpc) is 3.10. The quantitative estimate of drug-likeness (QED) is 0.739. The van der Waals surface area contributed by atoms with Crippen molar-refractivity contribution in [2.45, 2.75) is 44.9 Å². The molecular weight excluding hydrogens is 436 g/mol. The maximum atomic E-state index is 13.0. The zero-order valence-electron chi connectivity index (χ0n) is 19.4. The number of aromatic nitrogens is 1. The van der Waals surface area contributed by atoms with E-state index < -0.39 is 0 Å². The number of rotatable bonds is 4. The predicted octanol–water partition coefficient (Wildman–Crippen LogP) is 3.89. The highest BCUT2D eigenvalue weighted by Gasteiger charge is 2.33. The van der Waals surface area contributed by atoms with Gasteiger partial charge in [0.2, 0.25) is 5.91 Å². The maximum absolute atomic E-state index is 13.0. The number of carbonyl (C=O) groups excluding carboxylic acids is 2. The third kappa shape index (κ3) is 4.58. The molecule has 7 heteroatoms. The normalized spacial score (nSPS) is 23.0. The topological polar surface area (TPSA) is 65.5 Å². The van der Waals surface area contributed by atoms with Gasteiger partial charge in [0.15, 0.2) is 0 Å². The van der Waals surface area contributed by atoms with Gasteiger partial charge >= 0.3 is 0 Å². The molecule has 3 fully saturated rings. The van der Waals surface area contributed by atoms with Gasteiger partial charge in [-0.1, -0.05) is 31.5 Å². The molecule has 1 aromatic heterocycles. The van der Waals surface area contributed by atoms with Crippen LogP contribution < -0.4 is 10.2 Å². The Labute approximate surface area is 202 Å². The number of piperazine rings is 1. The van der Waals surface area contributed by atoms with Gasteiger partial charge in [-0.15, -0.1) is 12.4 Å². The summed E-state index contributed by atoms with van der Waals surface area (Å²) in [5.41, 5.74) is 4.28. The first kappa shape index (κ1) is 23.6. The third-order valence-electron chi connectivity index (χ3n) is 7.48. The Kier molecular flexibility index (Phi) is 6.94. The number of nitrogens with zero attached hydrogens (tertiary/aromatic N) is 3. The van der Waals surface area contributed by atoms with Crippen molar-refractivity contribution in [3.05, 3.63) is 58.8 Å². The van der Waals surface area contributed by atoms with Gasteiger partial charge in [-0.2, -0.15) is 0 Å². The third-order valence-corrected chi connectivity index (χ3v) is 7.48. The Hall–Kier alpha value is -2.60. The van der Waals surface area contributed by atoms with Crippen LogP contribution in [0.1, 0.15) is 65.1 Å². The maximum Gasteiger partial charge on any atom is 0.253 e. The molecule has 1 aliphatic carbocycles. The summed E-state index contributed by atoms with van der Waals surface area (Å²) in [6.45, 7) is 7.91. The van der Waals surface area contributed by atoms with E-state index in [1.165, 1.54) is 30.4 Å².